The van der Waals surface area contributed by atoms with Gasteiger partial charge in [-0.05, 0) is 83.5 Å². The zero-order valence-electron chi connectivity index (χ0n) is 28.2. The highest BCUT2D eigenvalue weighted by molar-refractivity contribution is 6.70. The van der Waals surface area contributed by atoms with Crippen LogP contribution in [0, 0.1) is 23.2 Å². The summed E-state index contributed by atoms with van der Waals surface area (Å²) < 4.78 is 32.7. The highest BCUT2D eigenvalue weighted by Gasteiger charge is 2.51. The number of ether oxygens (including phenoxy) is 2. The van der Waals surface area contributed by atoms with Crippen LogP contribution in [0.3, 0.4) is 0 Å². The highest BCUT2D eigenvalue weighted by atomic mass is 28.4. The number of carbonyl (C=O) groups excluding carboxylic acids is 1. The molecule has 2 fully saturated rings. The maximum absolute atomic E-state index is 13.3. The normalized spacial score (nSPS) is 28.5. The van der Waals surface area contributed by atoms with E-state index < -0.39 is 31.1 Å². The average molecular weight is 650 g/mol. The molecule has 0 saturated carbocycles. The van der Waals surface area contributed by atoms with E-state index in [2.05, 4.69) is 78.8 Å². The fraction of sp³-hybridized carbons (Fsp3) is 0.750. The molecule has 1 unspecified atom stereocenters. The first-order chi connectivity index (χ1) is 19.8. The van der Waals surface area contributed by atoms with Crippen molar-refractivity contribution in [3.63, 3.8) is 0 Å². The van der Waals surface area contributed by atoms with Crippen molar-refractivity contribution < 1.29 is 32.7 Å². The summed E-state index contributed by atoms with van der Waals surface area (Å²) in [5.74, 6) is 0.0273. The molecule has 11 heteroatoms. The van der Waals surface area contributed by atoms with Crippen LogP contribution in [0.4, 0.5) is 0 Å². The average Bonchev–Trinajstić information content (AvgIpc) is 3.63. The Bertz CT molecular complexity index is 1120. The third-order valence-electron chi connectivity index (χ3n) is 7.85. The third-order valence-corrected chi connectivity index (χ3v) is 10.9. The minimum absolute atomic E-state index is 0.0266. The van der Waals surface area contributed by atoms with Crippen molar-refractivity contribution in [3.8, 4) is 6.07 Å². The lowest BCUT2D eigenvalue weighted by Crippen LogP contribution is -2.58. The number of hydrogen-bond acceptors (Lipinski definition) is 8. The Morgan fingerprint density at radius 1 is 1.00 bits per heavy atom. The number of aliphatic hydroxyl groups is 1. The molecule has 8 nitrogen and oxygen atoms in total. The molecule has 2 heterocycles. The van der Waals surface area contributed by atoms with E-state index in [1.165, 1.54) is 0 Å². The molecule has 1 N–H and O–H groups in total. The molecule has 2 aliphatic rings. The molecule has 1 aromatic rings. The number of ketones is 1. The Hall–Kier alpha value is -1.21. The molecule has 0 amide bonds. The van der Waals surface area contributed by atoms with Gasteiger partial charge in [-0.15, -0.1) is 0 Å². The summed E-state index contributed by atoms with van der Waals surface area (Å²) in [5.41, 5.74) is 1.03. The van der Waals surface area contributed by atoms with Gasteiger partial charge in [0, 0.05) is 37.2 Å². The van der Waals surface area contributed by atoms with E-state index in [9.17, 15) is 15.2 Å². The predicted molar refractivity (Wildman–Crippen MR) is 176 cm³/mol. The van der Waals surface area contributed by atoms with Gasteiger partial charge in [0.05, 0.1) is 54.9 Å². The summed E-state index contributed by atoms with van der Waals surface area (Å²) in [6.45, 7) is 24.4. The number of benzene rings is 1. The Morgan fingerprint density at radius 3 is 2.21 bits per heavy atom. The maximum Gasteiger partial charge on any atom is 0.184 e. The summed E-state index contributed by atoms with van der Waals surface area (Å²) in [6.07, 6.45) is -0.528. The van der Waals surface area contributed by atoms with Crippen molar-refractivity contribution in [1.29, 1.82) is 5.26 Å². The standard InChI is InChI=1S/C32H55NO7Si3/c1-21(22(2)38-41(3,4)5)30-29(37-30)18-28-32(40-43(9,10)11)31(39-42(6,7)8)25(20-36-28)16-26(34)17-27(35)24-14-12-13-23(15-24)19-33/h12-15,21-22,25,27-32,35H,16-18,20H2,1-11H3/t21-,22+,25+,27?,28+,29+,30+,31-,32-/m1/s1. The zero-order valence-corrected chi connectivity index (χ0v) is 31.2. The molecule has 242 valence electrons. The quantitative estimate of drug-likeness (QED) is 0.171. The highest BCUT2D eigenvalue weighted by Crippen LogP contribution is 2.41. The van der Waals surface area contributed by atoms with Gasteiger partial charge in [-0.25, -0.2) is 0 Å². The smallest absolute Gasteiger partial charge is 0.184 e. The first-order valence-electron chi connectivity index (χ1n) is 15.8. The molecule has 9 atom stereocenters. The monoisotopic (exact) mass is 649 g/mol. The van der Waals surface area contributed by atoms with Crippen molar-refractivity contribution in [2.24, 2.45) is 11.8 Å². The topological polar surface area (TPSA) is 111 Å². The lowest BCUT2D eigenvalue weighted by atomic mass is 9.85. The number of hydrogen-bond donors (Lipinski definition) is 1. The van der Waals surface area contributed by atoms with Crippen LogP contribution in [-0.2, 0) is 27.5 Å². The van der Waals surface area contributed by atoms with E-state index in [1.54, 1.807) is 24.3 Å². The Labute approximate surface area is 262 Å². The van der Waals surface area contributed by atoms with Gasteiger partial charge in [-0.3, -0.25) is 4.79 Å². The van der Waals surface area contributed by atoms with Gasteiger partial charge in [0.1, 0.15) is 5.78 Å². The number of nitriles is 1. The molecule has 0 spiro atoms. The summed E-state index contributed by atoms with van der Waals surface area (Å²) in [5, 5.41) is 20.0. The molecule has 2 aliphatic heterocycles. The summed E-state index contributed by atoms with van der Waals surface area (Å²) >= 11 is 0. The second-order valence-electron chi connectivity index (χ2n) is 15.4. The zero-order chi connectivity index (χ0) is 32.3. The molecular formula is C32H55NO7Si3. The molecule has 43 heavy (non-hydrogen) atoms. The van der Waals surface area contributed by atoms with Crippen LogP contribution in [0.15, 0.2) is 24.3 Å². The van der Waals surface area contributed by atoms with Crippen molar-refractivity contribution in [2.45, 2.75) is 135 Å². The Morgan fingerprint density at radius 2 is 1.63 bits per heavy atom. The van der Waals surface area contributed by atoms with E-state index in [4.69, 9.17) is 22.8 Å². The molecule has 3 rings (SSSR count). The lowest BCUT2D eigenvalue weighted by Gasteiger charge is -2.47. The molecule has 0 aromatic heterocycles. The fourth-order valence-corrected chi connectivity index (χ4v) is 9.49. The van der Waals surface area contributed by atoms with E-state index >= 15 is 0 Å². The Kier molecular flexibility index (Phi) is 12.2. The third kappa shape index (κ3) is 11.6. The fourth-order valence-electron chi connectivity index (χ4n) is 5.91. The second-order valence-corrected chi connectivity index (χ2v) is 28.8. The number of epoxide rings is 1. The van der Waals surface area contributed by atoms with E-state index in [0.717, 1.165) is 0 Å². The molecule has 2 saturated heterocycles. The minimum atomic E-state index is -2.03. The van der Waals surface area contributed by atoms with Crippen LogP contribution in [-0.4, -0.2) is 79.1 Å². The summed E-state index contributed by atoms with van der Waals surface area (Å²) in [6, 6.07) is 8.87. The second kappa shape index (κ2) is 14.5. The summed E-state index contributed by atoms with van der Waals surface area (Å²) in [4.78, 5) is 13.3. The number of rotatable bonds is 15. The van der Waals surface area contributed by atoms with Crippen LogP contribution in [0.1, 0.15) is 50.3 Å². The van der Waals surface area contributed by atoms with E-state index in [0.29, 0.717) is 24.2 Å². The first-order valence-corrected chi connectivity index (χ1v) is 26.0. The van der Waals surface area contributed by atoms with Crippen LogP contribution in [0.2, 0.25) is 58.9 Å². The number of aliphatic hydroxyl groups excluding tert-OH is 1. The molecule has 1 aromatic carbocycles. The van der Waals surface area contributed by atoms with Crippen molar-refractivity contribution >= 4 is 30.7 Å². The van der Waals surface area contributed by atoms with Crippen LogP contribution in [0.25, 0.3) is 0 Å². The van der Waals surface area contributed by atoms with Crippen molar-refractivity contribution in [2.75, 3.05) is 6.61 Å². The van der Waals surface area contributed by atoms with Gasteiger partial charge in [-0.1, -0.05) is 19.1 Å². The van der Waals surface area contributed by atoms with Gasteiger partial charge in [0.15, 0.2) is 25.0 Å². The number of nitrogens with zero attached hydrogens (tertiary/aromatic N) is 1. The van der Waals surface area contributed by atoms with E-state index in [1.807, 2.05) is 0 Å². The van der Waals surface area contributed by atoms with Crippen LogP contribution < -0.4 is 0 Å². The van der Waals surface area contributed by atoms with Crippen molar-refractivity contribution in [3.05, 3.63) is 35.4 Å². The molecular weight excluding hydrogens is 595 g/mol. The van der Waals surface area contributed by atoms with E-state index in [-0.39, 0.29) is 67.1 Å². The van der Waals surface area contributed by atoms with Gasteiger partial charge in [0.25, 0.3) is 0 Å². The Balaban J connectivity index is 1.74. The lowest BCUT2D eigenvalue weighted by molar-refractivity contribution is -0.159. The SMILES string of the molecule is C[C@@H]([C@@H]1O[C@H]1C[C@@H]1OC[C@H](CC(=O)CC(O)c2cccc(C#N)c2)[C@@H](O[Si](C)(C)C)[C@@H]1O[Si](C)(C)C)[C@H](C)O[Si](C)(C)C. The first kappa shape index (κ1) is 36.3. The number of Topliss-reactive ketones (excluding diaryl/α,β-unsaturated/α-hetero) is 1. The predicted octanol–water partition coefficient (Wildman–Crippen LogP) is 6.43. The van der Waals surface area contributed by atoms with Crippen LogP contribution >= 0.6 is 0 Å². The van der Waals surface area contributed by atoms with Gasteiger partial charge in [0.2, 0.25) is 0 Å². The molecule has 0 aliphatic carbocycles. The maximum atomic E-state index is 13.3. The molecule has 0 bridgehead atoms. The van der Waals surface area contributed by atoms with Gasteiger partial charge < -0.3 is 27.9 Å². The minimum Gasteiger partial charge on any atom is -0.415 e. The number of carbonyl (C=O) groups is 1. The van der Waals surface area contributed by atoms with Gasteiger partial charge >= 0.3 is 0 Å². The van der Waals surface area contributed by atoms with Gasteiger partial charge in [-0.2, -0.15) is 5.26 Å². The molecule has 0 radical (unpaired) electrons. The van der Waals surface area contributed by atoms with Crippen LogP contribution in [0.5, 0.6) is 0 Å². The van der Waals surface area contributed by atoms with Crippen molar-refractivity contribution in [1.82, 2.24) is 0 Å². The largest absolute Gasteiger partial charge is 0.415 e. The summed E-state index contributed by atoms with van der Waals surface area (Å²) in [7, 11) is -5.70.